The molecular formula is C14H15NO3S. The van der Waals surface area contributed by atoms with Gasteiger partial charge in [-0.05, 0) is 35.9 Å². The minimum atomic E-state index is -3.40. The third-order valence-corrected chi connectivity index (χ3v) is 4.39. The van der Waals surface area contributed by atoms with E-state index in [9.17, 15) is 8.42 Å². The molecule has 0 radical (unpaired) electrons. The minimum absolute atomic E-state index is 0.0757. The summed E-state index contributed by atoms with van der Waals surface area (Å²) in [5.41, 5.74) is 6.73. The zero-order valence-corrected chi connectivity index (χ0v) is 11.4. The van der Waals surface area contributed by atoms with Gasteiger partial charge in [-0.15, -0.1) is 0 Å². The molecule has 0 atom stereocenters. The third-order valence-electron chi connectivity index (χ3n) is 2.71. The highest BCUT2D eigenvalue weighted by Gasteiger charge is 2.15. The van der Waals surface area contributed by atoms with Crippen molar-refractivity contribution in [3.8, 4) is 5.75 Å². The van der Waals surface area contributed by atoms with Gasteiger partial charge in [0.05, 0.1) is 17.8 Å². The smallest absolute Gasteiger partial charge is 0.182 e. The molecule has 5 heteroatoms. The summed E-state index contributed by atoms with van der Waals surface area (Å²) in [6.07, 6.45) is 0. The number of nitrogen functional groups attached to an aromatic ring is 1. The fourth-order valence-corrected chi connectivity index (χ4v) is 3.16. The van der Waals surface area contributed by atoms with Gasteiger partial charge in [0.15, 0.2) is 9.84 Å². The van der Waals surface area contributed by atoms with Crippen LogP contribution in [0.1, 0.15) is 5.56 Å². The van der Waals surface area contributed by atoms with Gasteiger partial charge in [-0.25, -0.2) is 8.42 Å². The van der Waals surface area contributed by atoms with E-state index >= 15 is 0 Å². The van der Waals surface area contributed by atoms with E-state index in [1.807, 2.05) is 0 Å². The molecule has 0 aliphatic rings. The Morgan fingerprint density at radius 2 is 1.84 bits per heavy atom. The molecular weight excluding hydrogens is 262 g/mol. The first-order chi connectivity index (χ1) is 9.01. The second-order valence-corrected chi connectivity index (χ2v) is 6.17. The highest BCUT2D eigenvalue weighted by molar-refractivity contribution is 7.90. The summed E-state index contributed by atoms with van der Waals surface area (Å²) >= 11 is 0. The monoisotopic (exact) mass is 277 g/mol. The number of methoxy groups -OCH3 is 1. The molecule has 0 aliphatic carbocycles. The quantitative estimate of drug-likeness (QED) is 0.870. The third kappa shape index (κ3) is 3.26. The second-order valence-electron chi connectivity index (χ2n) is 4.18. The van der Waals surface area contributed by atoms with Gasteiger partial charge in [0.25, 0.3) is 0 Å². The van der Waals surface area contributed by atoms with Gasteiger partial charge in [0.1, 0.15) is 5.75 Å². The van der Waals surface area contributed by atoms with Crippen LogP contribution in [0.4, 0.5) is 5.69 Å². The van der Waals surface area contributed by atoms with Crippen molar-refractivity contribution >= 4 is 15.5 Å². The van der Waals surface area contributed by atoms with E-state index in [1.165, 1.54) is 6.07 Å². The molecule has 2 N–H and O–H groups in total. The topological polar surface area (TPSA) is 69.4 Å². The van der Waals surface area contributed by atoms with Crippen molar-refractivity contribution in [3.05, 3.63) is 54.1 Å². The van der Waals surface area contributed by atoms with Crippen LogP contribution in [0, 0.1) is 0 Å². The first kappa shape index (κ1) is 13.4. The summed E-state index contributed by atoms with van der Waals surface area (Å²) in [5, 5.41) is 0. The number of ether oxygens (including phenoxy) is 1. The minimum Gasteiger partial charge on any atom is -0.497 e. The highest BCUT2D eigenvalue weighted by Crippen LogP contribution is 2.20. The first-order valence-corrected chi connectivity index (χ1v) is 7.38. The number of hydrogen-bond donors (Lipinski definition) is 1. The number of sulfone groups is 1. The average molecular weight is 277 g/mol. The largest absolute Gasteiger partial charge is 0.497 e. The normalized spacial score (nSPS) is 11.2. The molecule has 0 aromatic heterocycles. The molecule has 0 aliphatic heterocycles. The van der Waals surface area contributed by atoms with Crippen LogP contribution in [0.3, 0.4) is 0 Å². The second kappa shape index (κ2) is 5.32. The fourth-order valence-electron chi connectivity index (χ4n) is 1.77. The number of nitrogens with two attached hydrogens (primary N) is 1. The van der Waals surface area contributed by atoms with Crippen LogP contribution in [0.15, 0.2) is 53.4 Å². The molecule has 0 saturated heterocycles. The van der Waals surface area contributed by atoms with Gasteiger partial charge < -0.3 is 10.5 Å². The first-order valence-electron chi connectivity index (χ1n) is 5.72. The Morgan fingerprint density at radius 1 is 1.11 bits per heavy atom. The van der Waals surface area contributed by atoms with Gasteiger partial charge in [-0.2, -0.15) is 0 Å². The van der Waals surface area contributed by atoms with Gasteiger partial charge in [-0.1, -0.05) is 18.2 Å². The van der Waals surface area contributed by atoms with Crippen molar-refractivity contribution in [2.24, 2.45) is 0 Å². The molecule has 0 bridgehead atoms. The molecule has 2 aromatic rings. The molecule has 0 saturated carbocycles. The lowest BCUT2D eigenvalue weighted by Gasteiger charge is -2.07. The molecule has 2 aromatic carbocycles. The van der Waals surface area contributed by atoms with Crippen LogP contribution in [0.25, 0.3) is 0 Å². The van der Waals surface area contributed by atoms with Crippen molar-refractivity contribution < 1.29 is 13.2 Å². The maximum atomic E-state index is 12.3. The van der Waals surface area contributed by atoms with Crippen LogP contribution in [0.2, 0.25) is 0 Å². The van der Waals surface area contributed by atoms with Crippen molar-refractivity contribution in [1.29, 1.82) is 0 Å². The van der Waals surface area contributed by atoms with Crippen molar-refractivity contribution in [1.82, 2.24) is 0 Å². The maximum Gasteiger partial charge on any atom is 0.182 e. The van der Waals surface area contributed by atoms with Crippen molar-refractivity contribution in [2.75, 3.05) is 12.8 Å². The standard InChI is InChI=1S/C14H15NO3S/c1-18-13-6-2-4-11(8-13)10-19(16,17)14-7-3-5-12(15)9-14/h2-9H,10,15H2,1H3. The summed E-state index contributed by atoms with van der Waals surface area (Å²) in [5.74, 6) is 0.563. The Hall–Kier alpha value is -2.01. The number of rotatable bonds is 4. The van der Waals surface area contributed by atoms with Crippen LogP contribution < -0.4 is 10.5 Å². The van der Waals surface area contributed by atoms with E-state index in [0.717, 1.165) is 0 Å². The zero-order valence-electron chi connectivity index (χ0n) is 10.5. The van der Waals surface area contributed by atoms with Gasteiger partial charge in [0.2, 0.25) is 0 Å². The Balaban J connectivity index is 2.31. The molecule has 4 nitrogen and oxygen atoms in total. The van der Waals surface area contributed by atoms with Crippen LogP contribution in [-0.4, -0.2) is 15.5 Å². The Morgan fingerprint density at radius 3 is 2.53 bits per heavy atom. The van der Waals surface area contributed by atoms with Crippen molar-refractivity contribution in [2.45, 2.75) is 10.6 Å². The molecule has 19 heavy (non-hydrogen) atoms. The van der Waals surface area contributed by atoms with E-state index in [2.05, 4.69) is 0 Å². The van der Waals surface area contributed by atoms with Gasteiger partial charge in [-0.3, -0.25) is 0 Å². The lowest BCUT2D eigenvalue weighted by atomic mass is 10.2. The van der Waals surface area contributed by atoms with E-state index in [-0.39, 0.29) is 10.6 Å². The molecule has 0 unspecified atom stereocenters. The average Bonchev–Trinajstić information content (AvgIpc) is 2.38. The fraction of sp³-hybridized carbons (Fsp3) is 0.143. The lowest BCUT2D eigenvalue weighted by Crippen LogP contribution is -2.05. The SMILES string of the molecule is COc1cccc(CS(=O)(=O)c2cccc(N)c2)c1. The Kier molecular flexibility index (Phi) is 3.76. The number of anilines is 1. The molecule has 0 spiro atoms. The van der Waals surface area contributed by atoms with Gasteiger partial charge in [0, 0.05) is 5.69 Å². The van der Waals surface area contributed by atoms with E-state index in [0.29, 0.717) is 17.0 Å². The lowest BCUT2D eigenvalue weighted by molar-refractivity contribution is 0.414. The van der Waals surface area contributed by atoms with Crippen LogP contribution >= 0.6 is 0 Å². The summed E-state index contributed by atoms with van der Waals surface area (Å²) in [4.78, 5) is 0.232. The van der Waals surface area contributed by atoms with Crippen LogP contribution in [0.5, 0.6) is 5.75 Å². The summed E-state index contributed by atoms with van der Waals surface area (Å²) < 4.78 is 29.6. The summed E-state index contributed by atoms with van der Waals surface area (Å²) in [7, 11) is -1.85. The molecule has 0 fully saturated rings. The predicted molar refractivity (Wildman–Crippen MR) is 74.7 cm³/mol. The molecule has 100 valence electrons. The maximum absolute atomic E-state index is 12.3. The van der Waals surface area contributed by atoms with E-state index in [1.54, 1.807) is 49.6 Å². The molecule has 0 amide bonds. The number of hydrogen-bond acceptors (Lipinski definition) is 4. The van der Waals surface area contributed by atoms with E-state index in [4.69, 9.17) is 10.5 Å². The Bertz CT molecular complexity index is 681. The van der Waals surface area contributed by atoms with Gasteiger partial charge >= 0.3 is 0 Å². The summed E-state index contributed by atoms with van der Waals surface area (Å²) in [6.45, 7) is 0. The summed E-state index contributed by atoms with van der Waals surface area (Å²) in [6, 6.07) is 13.3. The Labute approximate surface area is 112 Å². The molecule has 2 rings (SSSR count). The zero-order chi connectivity index (χ0) is 13.9. The highest BCUT2D eigenvalue weighted by atomic mass is 32.2. The van der Waals surface area contributed by atoms with Crippen LogP contribution in [-0.2, 0) is 15.6 Å². The predicted octanol–water partition coefficient (Wildman–Crippen LogP) is 2.25. The molecule has 0 heterocycles. The van der Waals surface area contributed by atoms with Crippen molar-refractivity contribution in [3.63, 3.8) is 0 Å². The number of benzene rings is 2. The van der Waals surface area contributed by atoms with E-state index < -0.39 is 9.84 Å².